The molecule has 1 aromatic carbocycles. The predicted molar refractivity (Wildman–Crippen MR) is 124 cm³/mol. The number of hydrogen-bond donors (Lipinski definition) is 1. The summed E-state index contributed by atoms with van der Waals surface area (Å²) in [6, 6.07) is 10.8. The van der Waals surface area contributed by atoms with Crippen LogP contribution in [0.4, 0.5) is 10.5 Å². The maximum absolute atomic E-state index is 13.1. The van der Waals surface area contributed by atoms with Crippen LogP contribution in [0, 0.1) is 5.92 Å². The van der Waals surface area contributed by atoms with Gasteiger partial charge in [-0.1, -0.05) is 19.9 Å². The first-order valence-corrected chi connectivity index (χ1v) is 10.6. The number of benzene rings is 1. The SMILES string of the molecule is C=CCN(CC(=O)N(Cc1cccn1C)CC(C)C)C(=O)Nc1ccc(OCC)cc1. The maximum Gasteiger partial charge on any atom is 0.322 e. The molecule has 2 rings (SSSR count). The minimum atomic E-state index is -0.347. The fourth-order valence-corrected chi connectivity index (χ4v) is 3.19. The van der Waals surface area contributed by atoms with Crippen molar-refractivity contribution in [1.29, 1.82) is 0 Å². The summed E-state index contributed by atoms with van der Waals surface area (Å²) in [7, 11) is 1.96. The fraction of sp³-hybridized carbons (Fsp3) is 0.417. The van der Waals surface area contributed by atoms with Crippen LogP contribution in [0.3, 0.4) is 0 Å². The second-order valence-corrected chi connectivity index (χ2v) is 7.84. The Morgan fingerprint density at radius 2 is 1.90 bits per heavy atom. The first kappa shape index (κ1) is 24.1. The van der Waals surface area contributed by atoms with E-state index in [1.165, 1.54) is 4.90 Å². The molecule has 7 nitrogen and oxygen atoms in total. The molecule has 0 spiro atoms. The number of anilines is 1. The Balaban J connectivity index is 2.07. The molecule has 1 N–H and O–H groups in total. The second-order valence-electron chi connectivity index (χ2n) is 7.84. The smallest absolute Gasteiger partial charge is 0.322 e. The highest BCUT2D eigenvalue weighted by molar-refractivity contribution is 5.92. The lowest BCUT2D eigenvalue weighted by molar-refractivity contribution is -0.132. The number of ether oxygens (including phenoxy) is 1. The molecule has 0 fully saturated rings. The Morgan fingerprint density at radius 1 is 1.19 bits per heavy atom. The van der Waals surface area contributed by atoms with Gasteiger partial charge in [-0.3, -0.25) is 4.79 Å². The topological polar surface area (TPSA) is 66.8 Å². The van der Waals surface area contributed by atoms with Crippen LogP contribution >= 0.6 is 0 Å². The number of aromatic nitrogens is 1. The van der Waals surface area contributed by atoms with E-state index in [9.17, 15) is 9.59 Å². The van der Waals surface area contributed by atoms with Gasteiger partial charge in [-0.25, -0.2) is 4.79 Å². The molecule has 0 saturated heterocycles. The zero-order valence-electron chi connectivity index (χ0n) is 19.0. The minimum Gasteiger partial charge on any atom is -0.494 e. The first-order chi connectivity index (χ1) is 14.8. The number of nitrogens with one attached hydrogen (secondary N) is 1. The van der Waals surface area contributed by atoms with Crippen molar-refractivity contribution in [3.8, 4) is 5.75 Å². The Bertz CT molecular complexity index is 858. The highest BCUT2D eigenvalue weighted by Gasteiger charge is 2.22. The van der Waals surface area contributed by atoms with Crippen molar-refractivity contribution in [3.05, 3.63) is 60.9 Å². The molecule has 0 unspecified atom stereocenters. The quantitative estimate of drug-likeness (QED) is 0.550. The van der Waals surface area contributed by atoms with Gasteiger partial charge in [0.05, 0.1) is 13.2 Å². The van der Waals surface area contributed by atoms with Crippen molar-refractivity contribution >= 4 is 17.6 Å². The van der Waals surface area contributed by atoms with Crippen molar-refractivity contribution in [3.63, 3.8) is 0 Å². The third kappa shape index (κ3) is 7.51. The summed E-state index contributed by atoms with van der Waals surface area (Å²) < 4.78 is 7.43. The van der Waals surface area contributed by atoms with Crippen LogP contribution in [0.1, 0.15) is 26.5 Å². The summed E-state index contributed by atoms with van der Waals surface area (Å²) in [5.74, 6) is 0.956. The van der Waals surface area contributed by atoms with Crippen molar-refractivity contribution in [2.75, 3.05) is 31.6 Å². The third-order valence-corrected chi connectivity index (χ3v) is 4.72. The number of hydrogen-bond acceptors (Lipinski definition) is 3. The Morgan fingerprint density at radius 3 is 2.45 bits per heavy atom. The molecule has 168 valence electrons. The number of rotatable bonds is 11. The number of carbonyl (C=O) groups excluding carboxylic acids is 2. The van der Waals surface area contributed by atoms with E-state index < -0.39 is 0 Å². The molecule has 0 aliphatic carbocycles. The number of nitrogens with zero attached hydrogens (tertiary/aromatic N) is 3. The van der Waals surface area contributed by atoms with E-state index in [1.54, 1.807) is 35.2 Å². The van der Waals surface area contributed by atoms with Gasteiger partial charge in [-0.05, 0) is 49.2 Å². The lowest BCUT2D eigenvalue weighted by atomic mass is 10.2. The summed E-state index contributed by atoms with van der Waals surface area (Å²) in [6.07, 6.45) is 3.58. The van der Waals surface area contributed by atoms with Crippen LogP contribution in [-0.4, -0.2) is 52.5 Å². The van der Waals surface area contributed by atoms with E-state index in [4.69, 9.17) is 4.74 Å². The van der Waals surface area contributed by atoms with Gasteiger partial charge >= 0.3 is 6.03 Å². The molecule has 0 radical (unpaired) electrons. The first-order valence-electron chi connectivity index (χ1n) is 10.6. The number of amides is 3. The van der Waals surface area contributed by atoms with Crippen LogP contribution in [0.15, 0.2) is 55.3 Å². The number of carbonyl (C=O) groups is 2. The minimum absolute atomic E-state index is 0.0218. The molecule has 1 heterocycles. The molecule has 7 heteroatoms. The molecular formula is C24H34N4O3. The average molecular weight is 427 g/mol. The lowest BCUT2D eigenvalue weighted by Crippen LogP contribution is -2.45. The van der Waals surface area contributed by atoms with Crippen molar-refractivity contribution < 1.29 is 14.3 Å². The Hall–Kier alpha value is -3.22. The molecular weight excluding hydrogens is 392 g/mol. The third-order valence-electron chi connectivity index (χ3n) is 4.72. The van der Waals surface area contributed by atoms with Gasteiger partial charge in [0.1, 0.15) is 12.3 Å². The monoisotopic (exact) mass is 426 g/mol. The highest BCUT2D eigenvalue weighted by atomic mass is 16.5. The van der Waals surface area contributed by atoms with Gasteiger partial charge < -0.3 is 24.4 Å². The summed E-state index contributed by atoms with van der Waals surface area (Å²) in [5, 5.41) is 2.84. The van der Waals surface area contributed by atoms with Crippen molar-refractivity contribution in [1.82, 2.24) is 14.4 Å². The van der Waals surface area contributed by atoms with E-state index >= 15 is 0 Å². The van der Waals surface area contributed by atoms with E-state index in [2.05, 4.69) is 25.7 Å². The van der Waals surface area contributed by atoms with Crippen LogP contribution in [0.25, 0.3) is 0 Å². The number of urea groups is 1. The summed E-state index contributed by atoms with van der Waals surface area (Å²) in [4.78, 5) is 29.2. The van der Waals surface area contributed by atoms with Gasteiger partial charge in [0, 0.05) is 37.7 Å². The van der Waals surface area contributed by atoms with Gasteiger partial charge in [0.25, 0.3) is 0 Å². The lowest BCUT2D eigenvalue weighted by Gasteiger charge is -2.28. The molecule has 0 saturated carbocycles. The van der Waals surface area contributed by atoms with Gasteiger partial charge in [0.15, 0.2) is 0 Å². The molecule has 0 aliphatic rings. The second kappa shape index (κ2) is 11.8. The van der Waals surface area contributed by atoms with Crippen molar-refractivity contribution in [2.45, 2.75) is 27.3 Å². The molecule has 31 heavy (non-hydrogen) atoms. The van der Waals surface area contributed by atoms with Crippen LogP contribution in [0.2, 0.25) is 0 Å². The van der Waals surface area contributed by atoms with E-state index in [0.29, 0.717) is 31.3 Å². The predicted octanol–water partition coefficient (Wildman–Crippen LogP) is 4.13. The van der Waals surface area contributed by atoms with E-state index in [1.807, 2.05) is 36.9 Å². The van der Waals surface area contributed by atoms with E-state index in [-0.39, 0.29) is 25.0 Å². The molecule has 2 aromatic rings. The van der Waals surface area contributed by atoms with Crippen molar-refractivity contribution in [2.24, 2.45) is 13.0 Å². The summed E-state index contributed by atoms with van der Waals surface area (Å²) in [5.41, 5.74) is 1.68. The molecule has 1 aromatic heterocycles. The Kier molecular flexibility index (Phi) is 9.18. The van der Waals surface area contributed by atoms with E-state index in [0.717, 1.165) is 11.4 Å². The van der Waals surface area contributed by atoms with Crippen LogP contribution < -0.4 is 10.1 Å². The zero-order valence-corrected chi connectivity index (χ0v) is 19.0. The zero-order chi connectivity index (χ0) is 22.8. The van der Waals surface area contributed by atoms with Crippen LogP contribution in [0.5, 0.6) is 5.75 Å². The van der Waals surface area contributed by atoms with Crippen LogP contribution in [-0.2, 0) is 18.4 Å². The summed E-state index contributed by atoms with van der Waals surface area (Å²) in [6.45, 7) is 11.7. The maximum atomic E-state index is 13.1. The van der Waals surface area contributed by atoms with Gasteiger partial charge in [0.2, 0.25) is 5.91 Å². The average Bonchev–Trinajstić information content (AvgIpc) is 3.13. The highest BCUT2D eigenvalue weighted by Crippen LogP contribution is 2.16. The largest absolute Gasteiger partial charge is 0.494 e. The fourth-order valence-electron chi connectivity index (χ4n) is 3.19. The molecule has 0 aliphatic heterocycles. The van der Waals surface area contributed by atoms with Gasteiger partial charge in [-0.2, -0.15) is 0 Å². The molecule has 0 bridgehead atoms. The normalized spacial score (nSPS) is 10.6. The van der Waals surface area contributed by atoms with Gasteiger partial charge in [-0.15, -0.1) is 6.58 Å². The Labute approximate surface area is 185 Å². The molecule has 3 amide bonds. The summed E-state index contributed by atoms with van der Waals surface area (Å²) >= 11 is 0. The number of aryl methyl sites for hydroxylation is 1. The standard InChI is InChI=1S/C24H34N4O3/c1-6-14-27(24(30)25-20-10-12-22(13-11-20)31-7-2)18-23(29)28(16-19(3)4)17-21-9-8-15-26(21)5/h6,8-13,15,19H,1,7,14,16-18H2,2-5H3,(H,25,30). The molecule has 0 atom stereocenters.